The average molecular weight is 419 g/mol. The average Bonchev–Trinajstić information content (AvgIpc) is 3.24. The predicted molar refractivity (Wildman–Crippen MR) is 126 cm³/mol. The van der Waals surface area contributed by atoms with Crippen LogP contribution in [0.15, 0.2) is 45.0 Å². The van der Waals surface area contributed by atoms with Gasteiger partial charge in [-0.1, -0.05) is 38.3 Å². The molecule has 1 aromatic carbocycles. The van der Waals surface area contributed by atoms with Crippen molar-refractivity contribution in [1.29, 1.82) is 0 Å². The molecule has 1 fully saturated rings. The summed E-state index contributed by atoms with van der Waals surface area (Å²) in [5.41, 5.74) is 9.79. The van der Waals surface area contributed by atoms with E-state index in [1.807, 2.05) is 23.4 Å². The van der Waals surface area contributed by atoms with Gasteiger partial charge in [-0.25, -0.2) is 10.0 Å². The molecule has 0 bridgehead atoms. The molecule has 0 saturated heterocycles. The molecular weight excluding hydrogens is 388 g/mol. The summed E-state index contributed by atoms with van der Waals surface area (Å²) < 4.78 is 6.13. The van der Waals surface area contributed by atoms with Crippen molar-refractivity contribution in [2.24, 2.45) is 26.7 Å². The number of nitrogens with one attached hydrogen (secondary N) is 1. The highest BCUT2D eigenvalue weighted by molar-refractivity contribution is 6.09. The van der Waals surface area contributed by atoms with Gasteiger partial charge in [0.2, 0.25) is 0 Å². The van der Waals surface area contributed by atoms with Crippen LogP contribution >= 0.6 is 0 Å². The number of hydrogen-bond acceptors (Lipinski definition) is 6. The molecule has 1 aromatic heterocycles. The molecular formula is C24H30N6O. The number of hydrazone groups is 1. The van der Waals surface area contributed by atoms with E-state index in [0.717, 1.165) is 40.2 Å². The minimum atomic E-state index is 0.123. The van der Waals surface area contributed by atoms with Crippen molar-refractivity contribution in [2.75, 3.05) is 0 Å². The van der Waals surface area contributed by atoms with E-state index in [9.17, 15) is 0 Å². The Labute approximate surface area is 182 Å². The zero-order valence-electron chi connectivity index (χ0n) is 18.2. The second-order valence-electron chi connectivity index (χ2n) is 8.69. The monoisotopic (exact) mass is 418 g/mol. The van der Waals surface area contributed by atoms with E-state index in [2.05, 4.69) is 41.1 Å². The van der Waals surface area contributed by atoms with E-state index in [1.54, 1.807) is 6.34 Å². The second kappa shape index (κ2) is 8.21. The van der Waals surface area contributed by atoms with Gasteiger partial charge in [0, 0.05) is 11.6 Å². The van der Waals surface area contributed by atoms with E-state index in [1.165, 1.54) is 32.1 Å². The second-order valence-corrected chi connectivity index (χ2v) is 8.69. The summed E-state index contributed by atoms with van der Waals surface area (Å²) in [4.78, 5) is 12.7. The normalized spacial score (nSPS) is 22.6. The van der Waals surface area contributed by atoms with Gasteiger partial charge < -0.3 is 15.5 Å². The fourth-order valence-electron chi connectivity index (χ4n) is 4.76. The summed E-state index contributed by atoms with van der Waals surface area (Å²) in [5, 5.41) is 7.72. The van der Waals surface area contributed by atoms with E-state index in [-0.39, 0.29) is 12.1 Å². The highest BCUT2D eigenvalue weighted by atomic mass is 16.5. The van der Waals surface area contributed by atoms with Crippen molar-refractivity contribution in [3.05, 3.63) is 35.7 Å². The van der Waals surface area contributed by atoms with Crippen LogP contribution in [-0.2, 0) is 0 Å². The first kappa shape index (κ1) is 19.8. The SMILES string of the molecule is CCC(C)Oc1cccc2cc(C3=C4C(N)=NC=NN4C(C4CCCCC4)C=N3)[nH]c12. The summed E-state index contributed by atoms with van der Waals surface area (Å²) >= 11 is 0. The molecule has 3 aliphatic rings. The van der Waals surface area contributed by atoms with Gasteiger partial charge in [-0.15, -0.1) is 0 Å². The quantitative estimate of drug-likeness (QED) is 0.739. The van der Waals surface area contributed by atoms with Crippen molar-refractivity contribution >= 4 is 35.0 Å². The van der Waals surface area contributed by atoms with Gasteiger partial charge in [0.25, 0.3) is 0 Å². The van der Waals surface area contributed by atoms with Crippen molar-refractivity contribution in [3.63, 3.8) is 0 Å². The number of aliphatic imine (C=N–C) groups is 2. The molecule has 0 radical (unpaired) electrons. The van der Waals surface area contributed by atoms with Gasteiger partial charge in [-0.05, 0) is 44.2 Å². The van der Waals surface area contributed by atoms with Crippen LogP contribution in [-0.4, -0.2) is 40.5 Å². The van der Waals surface area contributed by atoms with Crippen LogP contribution in [0.25, 0.3) is 16.6 Å². The van der Waals surface area contributed by atoms with Gasteiger partial charge in [0.15, 0.2) is 5.84 Å². The van der Waals surface area contributed by atoms with E-state index in [4.69, 9.17) is 15.5 Å². The number of benzene rings is 1. The van der Waals surface area contributed by atoms with Gasteiger partial charge >= 0.3 is 0 Å². The van der Waals surface area contributed by atoms with E-state index < -0.39 is 0 Å². The molecule has 0 amide bonds. The maximum absolute atomic E-state index is 6.36. The fraction of sp³-hybridized carbons (Fsp3) is 0.458. The third kappa shape index (κ3) is 3.62. The Kier molecular flexibility index (Phi) is 5.26. The lowest BCUT2D eigenvalue weighted by atomic mass is 9.83. The summed E-state index contributed by atoms with van der Waals surface area (Å²) in [5.74, 6) is 1.84. The molecule has 5 rings (SSSR count). The number of aromatic amines is 1. The Morgan fingerprint density at radius 2 is 2.10 bits per heavy atom. The fourth-order valence-corrected chi connectivity index (χ4v) is 4.76. The molecule has 31 heavy (non-hydrogen) atoms. The Bertz CT molecular complexity index is 1090. The lowest BCUT2D eigenvalue weighted by Crippen LogP contribution is -2.45. The number of amidine groups is 1. The number of H-pyrrole nitrogens is 1. The van der Waals surface area contributed by atoms with Gasteiger partial charge in [0.1, 0.15) is 23.5 Å². The van der Waals surface area contributed by atoms with Gasteiger partial charge in [-0.2, -0.15) is 5.10 Å². The maximum Gasteiger partial charge on any atom is 0.153 e. The van der Waals surface area contributed by atoms with Crippen LogP contribution in [0, 0.1) is 5.92 Å². The number of nitrogens with two attached hydrogens (primary N) is 1. The minimum Gasteiger partial charge on any atom is -0.489 e. The highest BCUT2D eigenvalue weighted by Gasteiger charge is 2.36. The lowest BCUT2D eigenvalue weighted by molar-refractivity contribution is 0.213. The molecule has 7 nitrogen and oxygen atoms in total. The predicted octanol–water partition coefficient (Wildman–Crippen LogP) is 4.66. The zero-order chi connectivity index (χ0) is 21.4. The smallest absolute Gasteiger partial charge is 0.153 e. The van der Waals surface area contributed by atoms with Crippen molar-refractivity contribution < 1.29 is 4.74 Å². The Balaban J connectivity index is 1.55. The zero-order valence-corrected chi connectivity index (χ0v) is 18.2. The van der Waals surface area contributed by atoms with Crippen LogP contribution in [0.2, 0.25) is 0 Å². The van der Waals surface area contributed by atoms with Crippen LogP contribution in [0.1, 0.15) is 58.1 Å². The Morgan fingerprint density at radius 3 is 2.90 bits per heavy atom. The Hall–Kier alpha value is -3.09. The largest absolute Gasteiger partial charge is 0.489 e. The van der Waals surface area contributed by atoms with E-state index >= 15 is 0 Å². The van der Waals surface area contributed by atoms with Crippen molar-refractivity contribution in [2.45, 2.75) is 64.5 Å². The van der Waals surface area contributed by atoms with Crippen molar-refractivity contribution in [1.82, 2.24) is 9.99 Å². The summed E-state index contributed by atoms with van der Waals surface area (Å²) in [6.07, 6.45) is 10.9. The van der Waals surface area contributed by atoms with Gasteiger partial charge in [0.05, 0.1) is 23.4 Å². The van der Waals surface area contributed by atoms with E-state index in [0.29, 0.717) is 11.8 Å². The van der Waals surface area contributed by atoms with Crippen LogP contribution < -0.4 is 10.5 Å². The van der Waals surface area contributed by atoms with Crippen LogP contribution in [0.3, 0.4) is 0 Å². The summed E-state index contributed by atoms with van der Waals surface area (Å²) in [7, 11) is 0. The van der Waals surface area contributed by atoms with Gasteiger partial charge in [-0.3, -0.25) is 4.99 Å². The highest BCUT2D eigenvalue weighted by Crippen LogP contribution is 2.37. The number of para-hydroxylation sites is 1. The molecule has 2 unspecified atom stereocenters. The first-order valence-corrected chi connectivity index (χ1v) is 11.4. The molecule has 3 N–H and O–H groups in total. The number of nitrogens with zero attached hydrogens (tertiary/aromatic N) is 4. The molecule has 3 heterocycles. The number of fused-ring (bicyclic) bond motifs is 2. The van der Waals surface area contributed by atoms with Crippen LogP contribution in [0.5, 0.6) is 5.75 Å². The topological polar surface area (TPSA) is 91.4 Å². The summed E-state index contributed by atoms with van der Waals surface area (Å²) in [6, 6.07) is 8.32. The first-order valence-electron chi connectivity index (χ1n) is 11.4. The molecule has 7 heteroatoms. The number of rotatable bonds is 5. The molecule has 2 aliphatic heterocycles. The van der Waals surface area contributed by atoms with Crippen molar-refractivity contribution in [3.8, 4) is 5.75 Å². The number of aromatic nitrogens is 1. The number of ether oxygens (including phenoxy) is 1. The summed E-state index contributed by atoms with van der Waals surface area (Å²) in [6.45, 7) is 4.20. The molecule has 2 atom stereocenters. The van der Waals surface area contributed by atoms with Crippen LogP contribution in [0.4, 0.5) is 0 Å². The first-order chi connectivity index (χ1) is 15.2. The molecule has 162 valence electrons. The molecule has 0 spiro atoms. The number of hydrogen-bond donors (Lipinski definition) is 2. The third-order valence-electron chi connectivity index (χ3n) is 6.62. The molecule has 2 aromatic rings. The molecule has 1 aliphatic carbocycles. The lowest BCUT2D eigenvalue weighted by Gasteiger charge is -2.38. The molecule has 1 saturated carbocycles. The standard InChI is InChI=1S/C24H30N6O/c1-3-15(2)31-20-11-7-10-17-12-18(29-21(17)20)22-23-24(25)27-14-28-30(23)19(13-26-22)16-8-5-4-6-9-16/h7,10-16,19,29H,3-6,8-9H2,1-2H3,(H2,25,27,28). The minimum absolute atomic E-state index is 0.123. The maximum atomic E-state index is 6.36. The third-order valence-corrected chi connectivity index (χ3v) is 6.62. The Morgan fingerprint density at radius 1 is 1.26 bits per heavy atom.